The number of carbonyl (C=O) groups is 2. The lowest BCUT2D eigenvalue weighted by Crippen LogP contribution is -2.41. The van der Waals surface area contributed by atoms with Gasteiger partial charge in [0.1, 0.15) is 12.4 Å². The number of amides is 3. The molecule has 152 valence electrons. The van der Waals surface area contributed by atoms with Crippen molar-refractivity contribution in [2.45, 2.75) is 50.8 Å². The Morgan fingerprint density at radius 2 is 1.89 bits per heavy atom. The number of thioether (sulfide) groups is 1. The fourth-order valence-corrected chi connectivity index (χ4v) is 3.17. The number of imide groups is 1. The van der Waals surface area contributed by atoms with Crippen molar-refractivity contribution in [2.24, 2.45) is 5.92 Å². The standard InChI is InChI=1S/C19H27N5O3S/c1-13(2)10-11-24-16(12-27-15-8-6-5-7-9-15)22-23-19(24)28-14(3)17(25)21-18(26)20-4/h5-9,13-14H,10-12H2,1-4H3,(H2,20,21,25,26)/t14-/m0/s1. The number of para-hydroxylation sites is 1. The van der Waals surface area contributed by atoms with Crippen molar-refractivity contribution in [2.75, 3.05) is 7.05 Å². The highest BCUT2D eigenvalue weighted by molar-refractivity contribution is 8.00. The fourth-order valence-electron chi connectivity index (χ4n) is 2.28. The fraction of sp³-hybridized carbons (Fsp3) is 0.474. The van der Waals surface area contributed by atoms with Gasteiger partial charge >= 0.3 is 6.03 Å². The molecule has 9 heteroatoms. The van der Waals surface area contributed by atoms with Gasteiger partial charge in [-0.25, -0.2) is 4.79 Å². The van der Waals surface area contributed by atoms with Gasteiger partial charge in [-0.3, -0.25) is 10.1 Å². The van der Waals surface area contributed by atoms with Gasteiger partial charge < -0.3 is 14.6 Å². The first-order valence-electron chi connectivity index (χ1n) is 9.19. The lowest BCUT2D eigenvalue weighted by Gasteiger charge is -2.14. The molecular weight excluding hydrogens is 378 g/mol. The number of hydrogen-bond acceptors (Lipinski definition) is 6. The van der Waals surface area contributed by atoms with Gasteiger partial charge in [0, 0.05) is 13.6 Å². The Kier molecular flexibility index (Phi) is 8.31. The molecule has 0 aliphatic carbocycles. The second kappa shape index (κ2) is 10.7. The predicted octanol–water partition coefficient (Wildman–Crippen LogP) is 2.84. The number of aromatic nitrogens is 3. The van der Waals surface area contributed by atoms with E-state index >= 15 is 0 Å². The van der Waals surface area contributed by atoms with E-state index in [2.05, 4.69) is 34.7 Å². The van der Waals surface area contributed by atoms with Gasteiger partial charge in [0.2, 0.25) is 5.91 Å². The van der Waals surface area contributed by atoms with E-state index in [1.165, 1.54) is 18.8 Å². The maximum absolute atomic E-state index is 12.1. The Hall–Kier alpha value is -2.55. The summed E-state index contributed by atoms with van der Waals surface area (Å²) in [5, 5.41) is 13.3. The Labute approximate surface area is 169 Å². The molecule has 2 rings (SSSR count). The first-order chi connectivity index (χ1) is 13.4. The number of benzene rings is 1. The van der Waals surface area contributed by atoms with Gasteiger partial charge in [0.05, 0.1) is 5.25 Å². The third-order valence-electron chi connectivity index (χ3n) is 3.95. The zero-order valence-corrected chi connectivity index (χ0v) is 17.5. The summed E-state index contributed by atoms with van der Waals surface area (Å²) in [5.74, 6) is 1.58. The molecule has 0 bridgehead atoms. The van der Waals surface area contributed by atoms with Crippen LogP contribution in [-0.4, -0.2) is 39.0 Å². The topological polar surface area (TPSA) is 98.1 Å². The van der Waals surface area contributed by atoms with Gasteiger partial charge in [-0.1, -0.05) is 43.8 Å². The van der Waals surface area contributed by atoms with Gasteiger partial charge in [-0.2, -0.15) is 0 Å². The number of ether oxygens (including phenoxy) is 1. The van der Waals surface area contributed by atoms with Crippen LogP contribution in [0.5, 0.6) is 5.75 Å². The molecule has 0 aliphatic rings. The maximum atomic E-state index is 12.1. The molecule has 0 fully saturated rings. The smallest absolute Gasteiger partial charge is 0.321 e. The minimum absolute atomic E-state index is 0.286. The highest BCUT2D eigenvalue weighted by Crippen LogP contribution is 2.24. The van der Waals surface area contributed by atoms with Gasteiger partial charge in [-0.05, 0) is 31.4 Å². The Morgan fingerprint density at radius 3 is 2.54 bits per heavy atom. The second-order valence-electron chi connectivity index (χ2n) is 6.66. The van der Waals surface area contributed by atoms with Crippen LogP contribution in [0.25, 0.3) is 0 Å². The molecule has 8 nitrogen and oxygen atoms in total. The average molecular weight is 406 g/mol. The van der Waals surface area contributed by atoms with Crippen LogP contribution in [0.2, 0.25) is 0 Å². The molecule has 1 heterocycles. The van der Waals surface area contributed by atoms with Crippen LogP contribution in [0.4, 0.5) is 4.79 Å². The third-order valence-corrected chi connectivity index (χ3v) is 5.03. The zero-order valence-electron chi connectivity index (χ0n) is 16.6. The van der Waals surface area contributed by atoms with Crippen molar-refractivity contribution in [3.8, 4) is 5.75 Å². The largest absolute Gasteiger partial charge is 0.486 e. The van der Waals surface area contributed by atoms with Crippen LogP contribution in [0, 0.1) is 5.92 Å². The van der Waals surface area contributed by atoms with Crippen molar-refractivity contribution in [3.63, 3.8) is 0 Å². The minimum atomic E-state index is -0.532. The molecule has 2 aromatic rings. The van der Waals surface area contributed by atoms with E-state index in [1.807, 2.05) is 34.9 Å². The molecule has 1 atom stereocenters. The van der Waals surface area contributed by atoms with E-state index < -0.39 is 11.3 Å². The van der Waals surface area contributed by atoms with Crippen molar-refractivity contribution in [1.29, 1.82) is 0 Å². The lowest BCUT2D eigenvalue weighted by molar-refractivity contribution is -0.119. The summed E-state index contributed by atoms with van der Waals surface area (Å²) in [6.45, 7) is 7.04. The predicted molar refractivity (Wildman–Crippen MR) is 108 cm³/mol. The molecule has 3 amide bonds. The molecule has 2 N–H and O–H groups in total. The van der Waals surface area contributed by atoms with Crippen LogP contribution < -0.4 is 15.4 Å². The zero-order chi connectivity index (χ0) is 20.5. The van der Waals surface area contributed by atoms with E-state index in [-0.39, 0.29) is 12.5 Å². The van der Waals surface area contributed by atoms with Crippen LogP contribution in [0.1, 0.15) is 33.0 Å². The van der Waals surface area contributed by atoms with E-state index in [4.69, 9.17) is 4.74 Å². The molecule has 0 saturated carbocycles. The van der Waals surface area contributed by atoms with Crippen LogP contribution in [-0.2, 0) is 17.9 Å². The number of urea groups is 1. The first kappa shape index (κ1) is 21.7. The van der Waals surface area contributed by atoms with Crippen molar-refractivity contribution in [1.82, 2.24) is 25.4 Å². The summed E-state index contributed by atoms with van der Waals surface area (Å²) < 4.78 is 7.79. The molecule has 1 aromatic carbocycles. The number of rotatable bonds is 9. The minimum Gasteiger partial charge on any atom is -0.486 e. The Bertz CT molecular complexity index is 779. The summed E-state index contributed by atoms with van der Waals surface area (Å²) in [5.41, 5.74) is 0. The van der Waals surface area contributed by atoms with Crippen LogP contribution in [0.15, 0.2) is 35.5 Å². The maximum Gasteiger partial charge on any atom is 0.321 e. The SMILES string of the molecule is CNC(=O)NC(=O)[C@H](C)Sc1nnc(COc2ccccc2)n1CCC(C)C. The number of nitrogens with one attached hydrogen (secondary N) is 2. The van der Waals surface area contributed by atoms with E-state index in [0.717, 1.165) is 18.7 Å². The molecule has 0 spiro atoms. The second-order valence-corrected chi connectivity index (χ2v) is 7.97. The highest BCUT2D eigenvalue weighted by Gasteiger charge is 2.21. The summed E-state index contributed by atoms with van der Waals surface area (Å²) in [7, 11) is 1.46. The Balaban J connectivity index is 2.10. The quantitative estimate of drug-likeness (QED) is 0.623. The number of carbonyl (C=O) groups excluding carboxylic acids is 2. The molecule has 28 heavy (non-hydrogen) atoms. The van der Waals surface area contributed by atoms with E-state index in [9.17, 15) is 9.59 Å². The average Bonchev–Trinajstić information content (AvgIpc) is 3.06. The van der Waals surface area contributed by atoms with Gasteiger partial charge in [-0.15, -0.1) is 10.2 Å². The molecular formula is C19H27N5O3S. The number of nitrogens with zero attached hydrogens (tertiary/aromatic N) is 3. The van der Waals surface area contributed by atoms with Crippen molar-refractivity contribution >= 4 is 23.7 Å². The van der Waals surface area contributed by atoms with Gasteiger partial charge in [0.25, 0.3) is 0 Å². The summed E-state index contributed by atoms with van der Waals surface area (Å²) in [4.78, 5) is 23.5. The van der Waals surface area contributed by atoms with Gasteiger partial charge in [0.15, 0.2) is 11.0 Å². The molecule has 0 unspecified atom stereocenters. The summed E-state index contributed by atoms with van der Waals surface area (Å²) in [6, 6.07) is 8.99. The monoisotopic (exact) mass is 405 g/mol. The van der Waals surface area contributed by atoms with E-state index in [1.54, 1.807) is 6.92 Å². The normalized spacial score (nSPS) is 11.9. The Morgan fingerprint density at radius 1 is 1.18 bits per heavy atom. The lowest BCUT2D eigenvalue weighted by atomic mass is 10.1. The summed E-state index contributed by atoms with van der Waals surface area (Å²) >= 11 is 1.27. The van der Waals surface area contributed by atoms with Crippen LogP contribution in [0.3, 0.4) is 0 Å². The van der Waals surface area contributed by atoms with E-state index in [0.29, 0.717) is 16.9 Å². The molecule has 0 radical (unpaired) electrons. The highest BCUT2D eigenvalue weighted by atomic mass is 32.2. The van der Waals surface area contributed by atoms with Crippen molar-refractivity contribution in [3.05, 3.63) is 36.2 Å². The number of hydrogen-bond donors (Lipinski definition) is 2. The molecule has 1 aromatic heterocycles. The summed E-state index contributed by atoms with van der Waals surface area (Å²) in [6.07, 6.45) is 0.947. The third kappa shape index (κ3) is 6.56. The molecule has 0 saturated heterocycles. The van der Waals surface area contributed by atoms with Crippen molar-refractivity contribution < 1.29 is 14.3 Å². The van der Waals surface area contributed by atoms with Crippen LogP contribution >= 0.6 is 11.8 Å². The molecule has 0 aliphatic heterocycles. The first-order valence-corrected chi connectivity index (χ1v) is 10.1.